The van der Waals surface area contributed by atoms with Crippen molar-refractivity contribution < 1.29 is 19.3 Å². The number of pyridine rings is 1. The zero-order valence-corrected chi connectivity index (χ0v) is 12.4. The second-order valence-electron chi connectivity index (χ2n) is 4.44. The van der Waals surface area contributed by atoms with E-state index < -0.39 is 6.10 Å². The van der Waals surface area contributed by atoms with Crippen LogP contribution >= 0.6 is 0 Å². The number of ether oxygens (including phenoxy) is 3. The van der Waals surface area contributed by atoms with E-state index in [0.29, 0.717) is 35.1 Å². The summed E-state index contributed by atoms with van der Waals surface area (Å²) in [5.74, 6) is 2.19. The molecule has 0 saturated heterocycles. The molecule has 112 valence electrons. The van der Waals surface area contributed by atoms with E-state index in [0.717, 1.165) is 0 Å². The molecular weight excluding hydrogens is 270 g/mol. The molecule has 0 bridgehead atoms. The van der Waals surface area contributed by atoms with Crippen LogP contribution in [-0.2, 0) is 0 Å². The van der Waals surface area contributed by atoms with Crippen LogP contribution in [0.4, 0.5) is 0 Å². The van der Waals surface area contributed by atoms with Crippen LogP contribution in [0.3, 0.4) is 0 Å². The summed E-state index contributed by atoms with van der Waals surface area (Å²) in [6.45, 7) is 1.90. The Hall–Kier alpha value is -2.27. The predicted octanol–water partition coefficient (Wildman–Crippen LogP) is 3.33. The highest BCUT2D eigenvalue weighted by Crippen LogP contribution is 2.39. The monoisotopic (exact) mass is 289 g/mol. The Labute approximate surface area is 124 Å². The zero-order valence-electron chi connectivity index (χ0n) is 12.4. The molecule has 0 radical (unpaired) electrons. The Balaban J connectivity index is 2.26. The minimum atomic E-state index is -0.556. The fourth-order valence-electron chi connectivity index (χ4n) is 1.89. The molecule has 5 nitrogen and oxygen atoms in total. The second kappa shape index (κ2) is 6.95. The highest BCUT2D eigenvalue weighted by molar-refractivity contribution is 5.52. The summed E-state index contributed by atoms with van der Waals surface area (Å²) >= 11 is 0. The summed E-state index contributed by atoms with van der Waals surface area (Å²) in [7, 11) is 3.14. The third-order valence-corrected chi connectivity index (χ3v) is 3.09. The van der Waals surface area contributed by atoms with Gasteiger partial charge >= 0.3 is 0 Å². The van der Waals surface area contributed by atoms with Crippen LogP contribution in [-0.4, -0.2) is 24.3 Å². The number of rotatable bonds is 6. The number of aromatic nitrogens is 1. The van der Waals surface area contributed by atoms with Gasteiger partial charge < -0.3 is 19.3 Å². The molecule has 0 saturated carbocycles. The molecule has 0 spiro atoms. The van der Waals surface area contributed by atoms with Gasteiger partial charge in [-0.15, -0.1) is 0 Å². The molecular formula is C16H19NO4. The third kappa shape index (κ3) is 3.44. The second-order valence-corrected chi connectivity index (χ2v) is 4.44. The largest absolute Gasteiger partial charge is 0.493 e. The van der Waals surface area contributed by atoms with Crippen LogP contribution in [0.2, 0.25) is 0 Å². The molecule has 1 aromatic heterocycles. The zero-order chi connectivity index (χ0) is 15.2. The number of benzene rings is 1. The summed E-state index contributed by atoms with van der Waals surface area (Å²) in [4.78, 5) is 4.20. The molecule has 0 aliphatic rings. The summed E-state index contributed by atoms with van der Waals surface area (Å²) < 4.78 is 16.3. The normalized spacial score (nSPS) is 11.8. The predicted molar refractivity (Wildman–Crippen MR) is 79.1 cm³/mol. The van der Waals surface area contributed by atoms with E-state index in [1.807, 2.05) is 13.0 Å². The minimum Gasteiger partial charge on any atom is -0.493 e. The van der Waals surface area contributed by atoms with Gasteiger partial charge in [-0.25, -0.2) is 0 Å². The lowest BCUT2D eigenvalue weighted by Crippen LogP contribution is -1.99. The molecule has 2 rings (SSSR count). The molecule has 2 aromatic rings. The average Bonchev–Trinajstić information content (AvgIpc) is 2.55. The van der Waals surface area contributed by atoms with Crippen LogP contribution in [0.5, 0.6) is 23.0 Å². The molecule has 0 aliphatic carbocycles. The Morgan fingerprint density at radius 2 is 1.76 bits per heavy atom. The molecule has 0 aliphatic heterocycles. The first-order chi connectivity index (χ1) is 10.2. The van der Waals surface area contributed by atoms with Crippen LogP contribution in [0, 0.1) is 0 Å². The number of aliphatic hydroxyl groups excluding tert-OH is 1. The fraction of sp³-hybridized carbons (Fsp3) is 0.312. The van der Waals surface area contributed by atoms with E-state index in [4.69, 9.17) is 14.2 Å². The van der Waals surface area contributed by atoms with E-state index in [1.54, 1.807) is 44.7 Å². The van der Waals surface area contributed by atoms with Crippen molar-refractivity contribution >= 4 is 0 Å². The molecule has 21 heavy (non-hydrogen) atoms. The van der Waals surface area contributed by atoms with Gasteiger partial charge in [-0.2, -0.15) is 0 Å². The van der Waals surface area contributed by atoms with E-state index in [9.17, 15) is 5.11 Å². The maximum Gasteiger partial charge on any atom is 0.211 e. The van der Waals surface area contributed by atoms with Crippen molar-refractivity contribution in [2.24, 2.45) is 0 Å². The lowest BCUT2D eigenvalue weighted by atomic mass is 10.2. The van der Waals surface area contributed by atoms with E-state index in [2.05, 4.69) is 4.98 Å². The standard InChI is InChI=1S/C16H19NO4/c1-4-13(18)12-9-8-11(10-17-12)21-16-14(19-2)6-5-7-15(16)20-3/h5-10,13,18H,4H2,1-3H3/t13-/m1/s1. The number of nitrogens with zero attached hydrogens (tertiary/aromatic N) is 1. The van der Waals surface area contributed by atoms with Crippen LogP contribution in [0.1, 0.15) is 25.1 Å². The lowest BCUT2D eigenvalue weighted by Gasteiger charge is -2.14. The number of hydrogen-bond donors (Lipinski definition) is 1. The van der Waals surface area contributed by atoms with E-state index in [-0.39, 0.29) is 0 Å². The summed E-state index contributed by atoms with van der Waals surface area (Å²) in [6, 6.07) is 8.91. The van der Waals surface area contributed by atoms with Crippen molar-refractivity contribution in [3.05, 3.63) is 42.2 Å². The first kappa shape index (κ1) is 15.1. The van der Waals surface area contributed by atoms with Gasteiger partial charge in [-0.1, -0.05) is 13.0 Å². The van der Waals surface area contributed by atoms with Crippen molar-refractivity contribution in [1.82, 2.24) is 4.98 Å². The first-order valence-corrected chi connectivity index (χ1v) is 6.72. The highest BCUT2D eigenvalue weighted by atomic mass is 16.5. The van der Waals surface area contributed by atoms with Crippen molar-refractivity contribution in [1.29, 1.82) is 0 Å². The number of hydrogen-bond acceptors (Lipinski definition) is 5. The average molecular weight is 289 g/mol. The quantitative estimate of drug-likeness (QED) is 0.883. The molecule has 0 fully saturated rings. The van der Waals surface area contributed by atoms with Gasteiger partial charge in [0.1, 0.15) is 5.75 Å². The van der Waals surface area contributed by atoms with Gasteiger partial charge in [0.05, 0.1) is 32.2 Å². The molecule has 1 aromatic carbocycles. The van der Waals surface area contributed by atoms with Crippen molar-refractivity contribution in [3.63, 3.8) is 0 Å². The molecule has 0 unspecified atom stereocenters. The molecule has 5 heteroatoms. The summed E-state index contributed by atoms with van der Waals surface area (Å²) in [5.41, 5.74) is 0.622. The maximum atomic E-state index is 9.73. The molecule has 1 heterocycles. The molecule has 1 atom stereocenters. The number of methoxy groups -OCH3 is 2. The Bertz CT molecular complexity index is 561. The van der Waals surface area contributed by atoms with Crippen molar-refractivity contribution in [2.75, 3.05) is 14.2 Å². The van der Waals surface area contributed by atoms with Crippen molar-refractivity contribution in [2.45, 2.75) is 19.4 Å². The lowest BCUT2D eigenvalue weighted by molar-refractivity contribution is 0.169. The Morgan fingerprint density at radius 3 is 2.24 bits per heavy atom. The topological polar surface area (TPSA) is 60.8 Å². The third-order valence-electron chi connectivity index (χ3n) is 3.09. The maximum absolute atomic E-state index is 9.73. The van der Waals surface area contributed by atoms with Gasteiger partial charge in [0, 0.05) is 0 Å². The Kier molecular flexibility index (Phi) is 5.00. The van der Waals surface area contributed by atoms with Crippen LogP contribution in [0.25, 0.3) is 0 Å². The SMILES string of the molecule is CC[C@@H](O)c1ccc(Oc2c(OC)cccc2OC)cn1. The van der Waals surface area contributed by atoms with Gasteiger partial charge in [0.15, 0.2) is 11.5 Å². The molecule has 0 amide bonds. The van der Waals surface area contributed by atoms with Gasteiger partial charge in [0.25, 0.3) is 0 Å². The van der Waals surface area contributed by atoms with Gasteiger partial charge in [-0.3, -0.25) is 4.98 Å². The highest BCUT2D eigenvalue weighted by Gasteiger charge is 2.13. The Morgan fingerprint density at radius 1 is 1.10 bits per heavy atom. The first-order valence-electron chi connectivity index (χ1n) is 6.72. The summed E-state index contributed by atoms with van der Waals surface area (Å²) in [5, 5.41) is 9.73. The molecule has 1 N–H and O–H groups in total. The van der Waals surface area contributed by atoms with E-state index in [1.165, 1.54) is 0 Å². The van der Waals surface area contributed by atoms with Crippen LogP contribution in [0.15, 0.2) is 36.5 Å². The van der Waals surface area contributed by atoms with Gasteiger partial charge in [-0.05, 0) is 30.7 Å². The summed E-state index contributed by atoms with van der Waals surface area (Å²) in [6.07, 6.45) is 1.63. The van der Waals surface area contributed by atoms with E-state index >= 15 is 0 Å². The van der Waals surface area contributed by atoms with Crippen molar-refractivity contribution in [3.8, 4) is 23.0 Å². The van der Waals surface area contributed by atoms with Crippen LogP contribution < -0.4 is 14.2 Å². The smallest absolute Gasteiger partial charge is 0.211 e. The fourth-order valence-corrected chi connectivity index (χ4v) is 1.89. The number of aliphatic hydroxyl groups is 1. The minimum absolute atomic E-state index is 0.494. The number of para-hydroxylation sites is 1. The van der Waals surface area contributed by atoms with Gasteiger partial charge in [0.2, 0.25) is 5.75 Å².